The second-order valence-electron chi connectivity index (χ2n) is 4.85. The maximum Gasteiger partial charge on any atom is 0.303 e. The molecule has 2 aromatic carbocycles. The molecule has 0 amide bonds. The summed E-state index contributed by atoms with van der Waals surface area (Å²) >= 11 is 0. The number of hydrogen-bond acceptors (Lipinski definition) is 2. The van der Waals surface area contributed by atoms with Crippen LogP contribution >= 0.6 is 0 Å². The van der Waals surface area contributed by atoms with Crippen LogP contribution in [0.2, 0.25) is 0 Å². The Labute approximate surface area is 123 Å². The molecule has 0 radical (unpaired) electrons. The summed E-state index contributed by atoms with van der Waals surface area (Å²) in [4.78, 5) is 10.6. The maximum atomic E-state index is 13.1. The van der Waals surface area contributed by atoms with Gasteiger partial charge in [0.05, 0.1) is 6.04 Å². The minimum atomic E-state index is -0.796. The van der Waals surface area contributed by atoms with Gasteiger partial charge in [0, 0.05) is 6.42 Å². The summed E-state index contributed by atoms with van der Waals surface area (Å²) in [6.07, 6.45) is 0.692. The molecule has 0 saturated heterocycles. The Morgan fingerprint density at radius 2 is 1.67 bits per heavy atom. The van der Waals surface area contributed by atoms with Gasteiger partial charge in [0.25, 0.3) is 0 Å². The smallest absolute Gasteiger partial charge is 0.303 e. The van der Waals surface area contributed by atoms with Crippen LogP contribution in [0.25, 0.3) is 0 Å². The van der Waals surface area contributed by atoms with Crippen LogP contribution in [0.3, 0.4) is 0 Å². The standard InChI is InChI=1S/C17H18FNO2/c18-15-10-8-14(9-11-15)17(13-5-2-1-3-6-13)19-12-4-7-16(20)21/h1-3,5-6,8-11,17,19H,4,7,12H2,(H,20,21). The van der Waals surface area contributed by atoms with Crippen LogP contribution in [0.15, 0.2) is 54.6 Å². The molecule has 0 aliphatic rings. The molecule has 1 unspecified atom stereocenters. The molecule has 0 heterocycles. The molecule has 0 aromatic heterocycles. The van der Waals surface area contributed by atoms with E-state index in [1.54, 1.807) is 12.1 Å². The third-order valence-corrected chi connectivity index (χ3v) is 3.25. The Morgan fingerprint density at radius 1 is 1.05 bits per heavy atom. The van der Waals surface area contributed by atoms with Crippen molar-refractivity contribution in [2.45, 2.75) is 18.9 Å². The minimum absolute atomic E-state index is 0.0689. The first-order chi connectivity index (χ1) is 10.2. The monoisotopic (exact) mass is 287 g/mol. The van der Waals surface area contributed by atoms with Gasteiger partial charge in [0.15, 0.2) is 0 Å². The number of halogens is 1. The predicted octanol–water partition coefficient (Wildman–Crippen LogP) is 3.37. The van der Waals surface area contributed by atoms with Crippen molar-refractivity contribution in [3.8, 4) is 0 Å². The van der Waals surface area contributed by atoms with Gasteiger partial charge < -0.3 is 10.4 Å². The van der Waals surface area contributed by atoms with Crippen molar-refractivity contribution in [2.24, 2.45) is 0 Å². The first kappa shape index (κ1) is 15.2. The molecule has 3 nitrogen and oxygen atoms in total. The second kappa shape index (κ2) is 7.55. The fourth-order valence-electron chi connectivity index (χ4n) is 2.21. The van der Waals surface area contributed by atoms with E-state index in [-0.39, 0.29) is 18.3 Å². The number of carbonyl (C=O) groups is 1. The molecule has 0 spiro atoms. The Balaban J connectivity index is 2.11. The van der Waals surface area contributed by atoms with E-state index in [4.69, 9.17) is 5.11 Å². The molecule has 2 aromatic rings. The fraction of sp³-hybridized carbons (Fsp3) is 0.235. The number of carboxylic acid groups (broad SMARTS) is 1. The lowest BCUT2D eigenvalue weighted by molar-refractivity contribution is -0.137. The highest BCUT2D eigenvalue weighted by Crippen LogP contribution is 2.22. The molecule has 110 valence electrons. The highest BCUT2D eigenvalue weighted by atomic mass is 19.1. The van der Waals surface area contributed by atoms with E-state index in [1.807, 2.05) is 30.3 Å². The average molecular weight is 287 g/mol. The fourth-order valence-corrected chi connectivity index (χ4v) is 2.21. The number of nitrogens with one attached hydrogen (secondary N) is 1. The number of carboxylic acids is 1. The van der Waals surface area contributed by atoms with Crippen LogP contribution in [-0.4, -0.2) is 17.6 Å². The SMILES string of the molecule is O=C(O)CCCNC(c1ccccc1)c1ccc(F)cc1. The van der Waals surface area contributed by atoms with Gasteiger partial charge >= 0.3 is 5.97 Å². The van der Waals surface area contributed by atoms with Crippen molar-refractivity contribution in [3.05, 3.63) is 71.5 Å². The average Bonchev–Trinajstić information content (AvgIpc) is 2.49. The van der Waals surface area contributed by atoms with Gasteiger partial charge in [0.1, 0.15) is 5.82 Å². The molecule has 2 rings (SSSR count). The number of benzene rings is 2. The largest absolute Gasteiger partial charge is 0.481 e. The molecule has 4 heteroatoms. The first-order valence-electron chi connectivity index (χ1n) is 6.92. The zero-order valence-corrected chi connectivity index (χ0v) is 11.6. The molecule has 0 aliphatic carbocycles. The van der Waals surface area contributed by atoms with E-state index in [1.165, 1.54) is 12.1 Å². The van der Waals surface area contributed by atoms with Gasteiger partial charge in [-0.3, -0.25) is 4.79 Å². The van der Waals surface area contributed by atoms with E-state index in [0.717, 1.165) is 11.1 Å². The van der Waals surface area contributed by atoms with Crippen molar-refractivity contribution in [1.82, 2.24) is 5.32 Å². The van der Waals surface area contributed by atoms with Crippen LogP contribution in [0, 0.1) is 5.82 Å². The Morgan fingerprint density at radius 3 is 2.29 bits per heavy atom. The van der Waals surface area contributed by atoms with Crippen molar-refractivity contribution in [3.63, 3.8) is 0 Å². The van der Waals surface area contributed by atoms with Crippen molar-refractivity contribution >= 4 is 5.97 Å². The Hall–Kier alpha value is -2.20. The van der Waals surface area contributed by atoms with Gasteiger partial charge in [-0.2, -0.15) is 0 Å². The number of aliphatic carboxylic acids is 1. The van der Waals surface area contributed by atoms with Crippen molar-refractivity contribution in [2.75, 3.05) is 6.54 Å². The van der Waals surface area contributed by atoms with Crippen molar-refractivity contribution in [1.29, 1.82) is 0 Å². The van der Waals surface area contributed by atoms with E-state index < -0.39 is 5.97 Å². The normalized spacial score (nSPS) is 12.0. The lowest BCUT2D eigenvalue weighted by atomic mass is 9.98. The lowest BCUT2D eigenvalue weighted by Gasteiger charge is -2.19. The van der Waals surface area contributed by atoms with E-state index >= 15 is 0 Å². The van der Waals surface area contributed by atoms with Gasteiger partial charge in [-0.25, -0.2) is 4.39 Å². The Kier molecular flexibility index (Phi) is 5.46. The molecule has 0 saturated carbocycles. The zero-order chi connectivity index (χ0) is 15.1. The van der Waals surface area contributed by atoms with Crippen LogP contribution in [0.1, 0.15) is 30.0 Å². The third kappa shape index (κ3) is 4.68. The molecule has 21 heavy (non-hydrogen) atoms. The molecule has 0 fully saturated rings. The van der Waals surface area contributed by atoms with Gasteiger partial charge in [-0.05, 0) is 36.2 Å². The first-order valence-corrected chi connectivity index (χ1v) is 6.92. The molecule has 0 bridgehead atoms. The summed E-state index contributed by atoms with van der Waals surface area (Å²) in [5.41, 5.74) is 2.03. The van der Waals surface area contributed by atoms with Gasteiger partial charge in [-0.1, -0.05) is 42.5 Å². The van der Waals surface area contributed by atoms with Gasteiger partial charge in [0.2, 0.25) is 0 Å². The quantitative estimate of drug-likeness (QED) is 0.768. The summed E-state index contributed by atoms with van der Waals surface area (Å²) < 4.78 is 13.1. The van der Waals surface area contributed by atoms with E-state index in [9.17, 15) is 9.18 Å². The molecular formula is C17H18FNO2. The van der Waals surface area contributed by atoms with Crippen LogP contribution in [-0.2, 0) is 4.79 Å². The Bertz CT molecular complexity index is 569. The minimum Gasteiger partial charge on any atom is -0.481 e. The molecule has 1 atom stereocenters. The van der Waals surface area contributed by atoms with Crippen LogP contribution < -0.4 is 5.32 Å². The highest BCUT2D eigenvalue weighted by molar-refractivity contribution is 5.66. The van der Waals surface area contributed by atoms with E-state index in [0.29, 0.717) is 13.0 Å². The van der Waals surface area contributed by atoms with Crippen LogP contribution in [0.5, 0.6) is 0 Å². The summed E-state index contributed by atoms with van der Waals surface area (Å²) in [6, 6.07) is 16.1. The number of hydrogen-bond donors (Lipinski definition) is 2. The third-order valence-electron chi connectivity index (χ3n) is 3.25. The number of rotatable bonds is 7. The summed E-state index contributed by atoms with van der Waals surface area (Å²) in [5.74, 6) is -1.06. The topological polar surface area (TPSA) is 49.3 Å². The summed E-state index contributed by atoms with van der Waals surface area (Å²) in [7, 11) is 0. The second-order valence-corrected chi connectivity index (χ2v) is 4.85. The van der Waals surface area contributed by atoms with Crippen molar-refractivity contribution < 1.29 is 14.3 Å². The highest BCUT2D eigenvalue weighted by Gasteiger charge is 2.13. The maximum absolute atomic E-state index is 13.1. The summed E-state index contributed by atoms with van der Waals surface area (Å²) in [5, 5.41) is 12.0. The predicted molar refractivity (Wildman–Crippen MR) is 79.6 cm³/mol. The molecule has 2 N–H and O–H groups in total. The van der Waals surface area contributed by atoms with Crippen LogP contribution in [0.4, 0.5) is 4.39 Å². The lowest BCUT2D eigenvalue weighted by Crippen LogP contribution is -2.24. The summed E-state index contributed by atoms with van der Waals surface area (Å²) in [6.45, 7) is 0.587. The zero-order valence-electron chi connectivity index (χ0n) is 11.6. The van der Waals surface area contributed by atoms with Gasteiger partial charge in [-0.15, -0.1) is 0 Å². The molecule has 0 aliphatic heterocycles. The molecular weight excluding hydrogens is 269 g/mol. The van der Waals surface area contributed by atoms with E-state index in [2.05, 4.69) is 5.32 Å².